The summed E-state index contributed by atoms with van der Waals surface area (Å²) in [6.07, 6.45) is -0.679. The van der Waals surface area contributed by atoms with E-state index in [0.717, 1.165) is 63.4 Å². The van der Waals surface area contributed by atoms with Gasteiger partial charge in [-0.3, -0.25) is 0 Å². The molecule has 0 aromatic carbocycles. The van der Waals surface area contributed by atoms with E-state index < -0.39 is 97.0 Å². The Labute approximate surface area is 374 Å². The average molecular weight is 906 g/mol. The molecule has 4 aliphatic carbocycles. The number of diazo groups is 1. The number of hydrogen-bond donors (Lipinski definition) is 5. The summed E-state index contributed by atoms with van der Waals surface area (Å²) in [5.41, 5.74) is -0.764. The van der Waals surface area contributed by atoms with E-state index >= 15 is 0 Å². The SMILES string of the molecule is CCO/C(O)=C(\[N+]#N)C(=O)OC1CC(OC2C(O)CC(OC3C(O)CC(OC4CCC5(C)C(CCC6C5CCC5(C)C(C7=CC(=O)OC7)CCC65O)C4)OC3C)OC2C)OC(C)C1O. The van der Waals surface area contributed by atoms with Crippen molar-refractivity contribution in [2.45, 2.75) is 204 Å². The highest BCUT2D eigenvalue weighted by molar-refractivity contribution is 5.90. The van der Waals surface area contributed by atoms with E-state index in [4.69, 9.17) is 42.6 Å². The fraction of sp³-hybridized carbons (Fsp3) is 0.870. The van der Waals surface area contributed by atoms with Crippen molar-refractivity contribution >= 4 is 11.9 Å². The molecule has 4 heterocycles. The number of esters is 2. The minimum absolute atomic E-state index is 0.00636. The first-order chi connectivity index (χ1) is 30.4. The van der Waals surface area contributed by atoms with Crippen LogP contribution < -0.4 is 0 Å². The molecule has 20 unspecified atom stereocenters. The van der Waals surface area contributed by atoms with Gasteiger partial charge in [0.15, 0.2) is 23.8 Å². The van der Waals surface area contributed by atoms with Crippen LogP contribution in [0.5, 0.6) is 0 Å². The van der Waals surface area contributed by atoms with Crippen molar-refractivity contribution in [2.75, 3.05) is 13.2 Å². The van der Waals surface area contributed by atoms with Crippen molar-refractivity contribution in [3.63, 3.8) is 0 Å². The van der Waals surface area contributed by atoms with Crippen LogP contribution in [-0.2, 0) is 52.2 Å². The van der Waals surface area contributed by atoms with Crippen molar-refractivity contribution in [1.82, 2.24) is 0 Å². The van der Waals surface area contributed by atoms with Crippen LogP contribution in [0.25, 0.3) is 4.98 Å². The molecule has 0 aromatic rings. The first-order valence-corrected chi connectivity index (χ1v) is 23.6. The third kappa shape index (κ3) is 8.72. The van der Waals surface area contributed by atoms with Gasteiger partial charge in [0.05, 0.1) is 48.8 Å². The highest BCUT2D eigenvalue weighted by Crippen LogP contribution is 2.70. The quantitative estimate of drug-likeness (QED) is 0.0633. The van der Waals surface area contributed by atoms with E-state index in [0.29, 0.717) is 18.4 Å². The Kier molecular flexibility index (Phi) is 13.8. The van der Waals surface area contributed by atoms with E-state index in [9.17, 15) is 40.5 Å². The lowest BCUT2D eigenvalue weighted by molar-refractivity contribution is -0.336. The largest absolute Gasteiger partial charge is 0.547 e. The summed E-state index contributed by atoms with van der Waals surface area (Å²) in [6.45, 7) is 11.7. The van der Waals surface area contributed by atoms with Gasteiger partial charge in [-0.2, -0.15) is 0 Å². The van der Waals surface area contributed by atoms with Crippen LogP contribution in [0.15, 0.2) is 23.3 Å². The maximum Gasteiger partial charge on any atom is 0.547 e. The lowest BCUT2D eigenvalue weighted by atomic mass is 9.43. The molecule has 0 bridgehead atoms. The number of cyclic esters (lactones) is 1. The lowest BCUT2D eigenvalue weighted by Gasteiger charge is -2.64. The lowest BCUT2D eigenvalue weighted by Crippen LogP contribution is -2.62. The van der Waals surface area contributed by atoms with Crippen molar-refractivity contribution in [3.05, 3.63) is 28.3 Å². The predicted octanol–water partition coefficient (Wildman–Crippen LogP) is 4.41. The summed E-state index contributed by atoms with van der Waals surface area (Å²) in [5.74, 6) is -1.17. The Balaban J connectivity index is 0.808. The Morgan fingerprint density at radius 3 is 2.08 bits per heavy atom. The number of aliphatic hydroxyl groups is 5. The molecular formula is C46H69N2O16+. The predicted molar refractivity (Wildman–Crippen MR) is 221 cm³/mol. The third-order valence-corrected chi connectivity index (χ3v) is 16.9. The van der Waals surface area contributed by atoms with Crippen LogP contribution in [-0.4, -0.2) is 136 Å². The molecule has 0 radical (unpaired) electrons. The van der Waals surface area contributed by atoms with Gasteiger partial charge < -0.3 is 68.2 Å². The van der Waals surface area contributed by atoms with Crippen LogP contribution in [0.1, 0.15) is 119 Å². The summed E-state index contributed by atoms with van der Waals surface area (Å²) < 4.78 is 52.7. The number of carbonyl (C=O) groups excluding carboxylic acids is 2. The third-order valence-electron chi connectivity index (χ3n) is 16.9. The minimum Gasteiger partial charge on any atom is -0.475 e. The zero-order valence-electron chi connectivity index (χ0n) is 37.9. The van der Waals surface area contributed by atoms with Crippen molar-refractivity contribution in [2.24, 2.45) is 34.5 Å². The molecule has 0 spiro atoms. The maximum absolute atomic E-state index is 12.7. The van der Waals surface area contributed by atoms with E-state index in [2.05, 4.69) is 18.8 Å². The smallest absolute Gasteiger partial charge is 0.475 e. The Morgan fingerprint density at radius 1 is 0.828 bits per heavy atom. The molecule has 0 amide bonds. The first kappa shape index (κ1) is 47.5. The van der Waals surface area contributed by atoms with Gasteiger partial charge in [0.2, 0.25) is 5.39 Å². The molecule has 5 N–H and O–H groups in total. The standard InChI is InChI=1S/C46H68N2O16/c1-7-56-42(53)38(48-47)43(54)62-33-20-37(58-22(2)39(33)52)64-41-24(4)60-36(19-32(41)50)63-40-23(3)59-35(18-31(40)49)61-27-10-13-44(5)26(17-27)8-9-30-29(44)11-14-45(6)28(12-15-46(30,45)55)25-16-34(51)57-21-25/h16,22-24,26-33,35-37,39-41,49-50,52,55H,7-15,17-21H2,1-6H3/p+1. The van der Waals surface area contributed by atoms with Gasteiger partial charge >= 0.3 is 23.6 Å². The van der Waals surface area contributed by atoms with Crippen molar-refractivity contribution in [3.8, 4) is 0 Å². The van der Waals surface area contributed by atoms with Crippen molar-refractivity contribution in [1.29, 1.82) is 5.39 Å². The average Bonchev–Trinajstić information content (AvgIpc) is 3.79. The van der Waals surface area contributed by atoms with Gasteiger partial charge in [0.25, 0.3) is 0 Å². The highest BCUT2D eigenvalue weighted by atomic mass is 16.7. The Hall–Kier alpha value is -2.96. The second-order valence-electron chi connectivity index (χ2n) is 20.3. The molecule has 4 aliphatic heterocycles. The van der Waals surface area contributed by atoms with Gasteiger partial charge in [0, 0.05) is 30.8 Å². The number of nitrogens with zero attached hydrogens (tertiary/aromatic N) is 2. The molecule has 3 saturated heterocycles. The number of ether oxygens (including phenoxy) is 9. The first-order valence-electron chi connectivity index (χ1n) is 23.6. The van der Waals surface area contributed by atoms with E-state index in [1.54, 1.807) is 26.8 Å². The number of hydrogen-bond acceptors (Lipinski definition) is 17. The normalized spacial score (nSPS) is 48.4. The topological polar surface area (TPSA) is 247 Å². The van der Waals surface area contributed by atoms with E-state index in [1.165, 1.54) is 0 Å². The summed E-state index contributed by atoms with van der Waals surface area (Å²) in [5, 5.41) is 65.1. The van der Waals surface area contributed by atoms with Gasteiger partial charge in [0.1, 0.15) is 31.0 Å². The molecule has 8 rings (SSSR count). The molecule has 8 aliphatic rings. The zero-order chi connectivity index (χ0) is 45.9. The van der Waals surface area contributed by atoms with Gasteiger partial charge in [-0.15, -0.1) is 0 Å². The molecule has 64 heavy (non-hydrogen) atoms. The molecule has 7 fully saturated rings. The molecule has 0 aromatic heterocycles. The number of carbonyl (C=O) groups is 2. The summed E-state index contributed by atoms with van der Waals surface area (Å²) in [4.78, 5) is 27.4. The number of aliphatic hydroxyl groups excluding tert-OH is 4. The Bertz CT molecular complexity index is 1820. The van der Waals surface area contributed by atoms with Crippen LogP contribution in [0.3, 0.4) is 0 Å². The van der Waals surface area contributed by atoms with Crippen molar-refractivity contribution < 1.29 is 77.8 Å². The summed E-state index contributed by atoms with van der Waals surface area (Å²) >= 11 is 0. The summed E-state index contributed by atoms with van der Waals surface area (Å²) in [7, 11) is 0. The second-order valence-corrected chi connectivity index (χ2v) is 20.3. The van der Waals surface area contributed by atoms with Crippen LogP contribution in [0.4, 0.5) is 0 Å². The zero-order valence-corrected chi connectivity index (χ0v) is 37.9. The van der Waals surface area contributed by atoms with Gasteiger partial charge in [-0.25, -0.2) is 9.59 Å². The molecule has 18 heteroatoms. The van der Waals surface area contributed by atoms with Crippen LogP contribution in [0.2, 0.25) is 0 Å². The van der Waals surface area contributed by atoms with E-state index in [1.807, 2.05) is 6.92 Å². The molecule has 18 nitrogen and oxygen atoms in total. The number of rotatable bonds is 11. The fourth-order valence-electron chi connectivity index (χ4n) is 13.5. The monoisotopic (exact) mass is 905 g/mol. The van der Waals surface area contributed by atoms with Gasteiger partial charge in [-0.05, 0) is 120 Å². The van der Waals surface area contributed by atoms with Gasteiger partial charge in [-0.1, -0.05) is 13.8 Å². The highest BCUT2D eigenvalue weighted by Gasteiger charge is 2.68. The van der Waals surface area contributed by atoms with E-state index in [-0.39, 0.29) is 60.6 Å². The fourth-order valence-corrected chi connectivity index (χ4v) is 13.5. The maximum atomic E-state index is 12.7. The molecular weight excluding hydrogens is 837 g/mol. The minimum atomic E-state index is -1.28. The Morgan fingerprint density at radius 2 is 1.47 bits per heavy atom. The van der Waals surface area contributed by atoms with Crippen LogP contribution in [0, 0.1) is 39.9 Å². The molecule has 358 valence electrons. The van der Waals surface area contributed by atoms with Crippen LogP contribution >= 0.6 is 0 Å². The summed E-state index contributed by atoms with van der Waals surface area (Å²) in [6, 6.07) is 0. The second kappa shape index (κ2) is 18.6. The molecule has 20 atom stereocenters. The number of fused-ring (bicyclic) bond motifs is 5. The molecule has 4 saturated carbocycles.